The maximum Gasteiger partial charge on any atom is 0.244 e. The maximum absolute atomic E-state index is 12.4. The minimum Gasteiger partial charge on any atom is -0.340 e. The highest BCUT2D eigenvalue weighted by atomic mass is 16.5. The molecule has 1 aliphatic heterocycles. The molecule has 1 aliphatic rings. The molecule has 0 aliphatic carbocycles. The highest BCUT2D eigenvalue weighted by Gasteiger charge is 2.28. The molecule has 2 aromatic heterocycles. The largest absolute Gasteiger partial charge is 0.340 e. The molecule has 0 radical (unpaired) electrons. The summed E-state index contributed by atoms with van der Waals surface area (Å²) < 4.78 is 6.88. The number of carbonyl (C=O) groups is 1. The Kier molecular flexibility index (Phi) is 4.19. The molecular weight excluding hydrogens is 322 g/mol. The second-order valence-electron chi connectivity index (χ2n) is 6.01. The molecule has 9 heteroatoms. The van der Waals surface area contributed by atoms with Gasteiger partial charge in [0.1, 0.15) is 12.9 Å². The van der Waals surface area contributed by atoms with Crippen molar-refractivity contribution in [3.8, 4) is 11.4 Å². The lowest BCUT2D eigenvalue weighted by atomic mass is 9.98. The summed E-state index contributed by atoms with van der Waals surface area (Å²) in [5.41, 5.74) is 0.917. The van der Waals surface area contributed by atoms with E-state index in [2.05, 4.69) is 25.7 Å². The summed E-state index contributed by atoms with van der Waals surface area (Å²) in [6.45, 7) is 1.42. The molecule has 0 bridgehead atoms. The van der Waals surface area contributed by atoms with Crippen LogP contribution in [0, 0.1) is 0 Å². The van der Waals surface area contributed by atoms with E-state index in [-0.39, 0.29) is 18.4 Å². The van der Waals surface area contributed by atoms with Crippen LogP contribution in [0.1, 0.15) is 24.7 Å². The number of piperidine rings is 1. The Morgan fingerprint density at radius 1 is 1.28 bits per heavy atom. The fraction of sp³-hybridized carbons (Fsp3) is 0.375. The summed E-state index contributed by atoms with van der Waals surface area (Å²) in [6.07, 6.45) is 3.25. The predicted molar refractivity (Wildman–Crippen MR) is 86.1 cm³/mol. The zero-order valence-corrected chi connectivity index (χ0v) is 13.5. The molecule has 9 nitrogen and oxygen atoms in total. The summed E-state index contributed by atoms with van der Waals surface area (Å²) in [5, 5.41) is 14.9. The van der Waals surface area contributed by atoms with E-state index in [1.165, 1.54) is 11.0 Å². The second kappa shape index (κ2) is 6.80. The lowest BCUT2D eigenvalue weighted by Gasteiger charge is -2.30. The number of carbonyl (C=O) groups excluding carboxylic acids is 1. The molecule has 128 valence electrons. The molecule has 1 aromatic carbocycles. The smallest absolute Gasteiger partial charge is 0.244 e. The molecule has 1 atom stereocenters. The van der Waals surface area contributed by atoms with Gasteiger partial charge in [0, 0.05) is 18.7 Å². The van der Waals surface area contributed by atoms with Crippen LogP contribution in [0.25, 0.3) is 11.4 Å². The molecule has 0 unspecified atom stereocenters. The quantitative estimate of drug-likeness (QED) is 0.702. The number of hydrogen-bond acceptors (Lipinski definition) is 7. The average Bonchev–Trinajstić information content (AvgIpc) is 3.34. The van der Waals surface area contributed by atoms with Crippen molar-refractivity contribution < 1.29 is 9.32 Å². The number of hydrogen-bond donors (Lipinski definition) is 0. The molecule has 4 rings (SSSR count). The standard InChI is InChI=1S/C16H17N7O2/c24-14(10-23-11-17-20-21-23)22-8-4-7-13(9-22)16-18-15(19-25-16)12-5-2-1-3-6-12/h1-3,5-6,11,13H,4,7-10H2/t13-/m1/s1. The Balaban J connectivity index is 1.44. The zero-order chi connectivity index (χ0) is 17.1. The summed E-state index contributed by atoms with van der Waals surface area (Å²) in [6, 6.07) is 9.70. The molecule has 1 fully saturated rings. The van der Waals surface area contributed by atoms with E-state index in [0.29, 0.717) is 18.3 Å². The summed E-state index contributed by atoms with van der Waals surface area (Å²) >= 11 is 0. The fourth-order valence-electron chi connectivity index (χ4n) is 3.00. The van der Waals surface area contributed by atoms with Gasteiger partial charge in [0.15, 0.2) is 0 Å². The van der Waals surface area contributed by atoms with Gasteiger partial charge < -0.3 is 9.42 Å². The van der Waals surface area contributed by atoms with Crippen molar-refractivity contribution in [1.82, 2.24) is 35.2 Å². The fourth-order valence-corrected chi connectivity index (χ4v) is 3.00. The van der Waals surface area contributed by atoms with Crippen molar-refractivity contribution >= 4 is 5.91 Å². The van der Waals surface area contributed by atoms with Crippen LogP contribution in [0.3, 0.4) is 0 Å². The first kappa shape index (κ1) is 15.4. The van der Waals surface area contributed by atoms with Crippen LogP contribution in [-0.2, 0) is 11.3 Å². The third-order valence-electron chi connectivity index (χ3n) is 4.29. The van der Waals surface area contributed by atoms with Gasteiger partial charge in [-0.05, 0) is 23.3 Å². The number of rotatable bonds is 4. The Hall–Kier alpha value is -3.10. The average molecular weight is 339 g/mol. The van der Waals surface area contributed by atoms with Crippen molar-refractivity contribution in [3.05, 3.63) is 42.5 Å². The van der Waals surface area contributed by atoms with Gasteiger partial charge in [0.25, 0.3) is 0 Å². The first-order valence-electron chi connectivity index (χ1n) is 8.17. The van der Waals surface area contributed by atoms with E-state index in [4.69, 9.17) is 4.52 Å². The van der Waals surface area contributed by atoms with Crippen LogP contribution < -0.4 is 0 Å². The Morgan fingerprint density at radius 3 is 2.96 bits per heavy atom. The minimum absolute atomic E-state index is 0.0141. The number of nitrogens with zero attached hydrogens (tertiary/aromatic N) is 7. The Labute approximate surface area is 143 Å². The molecule has 25 heavy (non-hydrogen) atoms. The SMILES string of the molecule is O=C(Cn1cnnn1)N1CCC[C@@H](c2nc(-c3ccccc3)no2)C1. The van der Waals surface area contributed by atoms with Crippen LogP contribution in [0.15, 0.2) is 41.2 Å². The third-order valence-corrected chi connectivity index (χ3v) is 4.29. The molecule has 3 heterocycles. The van der Waals surface area contributed by atoms with Crippen LogP contribution in [0.2, 0.25) is 0 Å². The van der Waals surface area contributed by atoms with Gasteiger partial charge >= 0.3 is 0 Å². The lowest BCUT2D eigenvalue weighted by Crippen LogP contribution is -2.41. The molecule has 1 amide bonds. The van der Waals surface area contributed by atoms with Crippen molar-refractivity contribution in [1.29, 1.82) is 0 Å². The number of benzene rings is 1. The Morgan fingerprint density at radius 2 is 2.16 bits per heavy atom. The van der Waals surface area contributed by atoms with E-state index in [1.54, 1.807) is 0 Å². The molecular formula is C16H17N7O2. The van der Waals surface area contributed by atoms with Gasteiger partial charge in [-0.15, -0.1) is 5.10 Å². The first-order valence-corrected chi connectivity index (χ1v) is 8.17. The highest BCUT2D eigenvalue weighted by Crippen LogP contribution is 2.27. The minimum atomic E-state index is -0.0141. The van der Waals surface area contributed by atoms with Gasteiger partial charge in [0.05, 0.1) is 5.92 Å². The highest BCUT2D eigenvalue weighted by molar-refractivity contribution is 5.76. The van der Waals surface area contributed by atoms with Crippen LogP contribution >= 0.6 is 0 Å². The summed E-state index contributed by atoms with van der Waals surface area (Å²) in [4.78, 5) is 18.7. The molecule has 0 spiro atoms. The van der Waals surface area contributed by atoms with Crippen molar-refractivity contribution in [2.75, 3.05) is 13.1 Å². The van der Waals surface area contributed by atoms with Gasteiger partial charge in [-0.3, -0.25) is 4.79 Å². The van der Waals surface area contributed by atoms with Crippen LogP contribution in [0.4, 0.5) is 0 Å². The number of likely N-dealkylation sites (tertiary alicyclic amines) is 1. The normalized spacial score (nSPS) is 17.6. The Bertz CT molecular complexity index is 831. The number of tetrazole rings is 1. The lowest BCUT2D eigenvalue weighted by molar-refractivity contribution is -0.133. The summed E-state index contributed by atoms with van der Waals surface area (Å²) in [7, 11) is 0. The first-order chi connectivity index (χ1) is 12.3. The van der Waals surface area contributed by atoms with E-state index in [9.17, 15) is 4.79 Å². The molecule has 1 saturated heterocycles. The third kappa shape index (κ3) is 3.39. The van der Waals surface area contributed by atoms with E-state index >= 15 is 0 Å². The second-order valence-corrected chi connectivity index (χ2v) is 6.01. The number of amides is 1. The van der Waals surface area contributed by atoms with Crippen molar-refractivity contribution in [2.24, 2.45) is 0 Å². The van der Waals surface area contributed by atoms with Crippen LogP contribution in [-0.4, -0.2) is 54.2 Å². The van der Waals surface area contributed by atoms with Gasteiger partial charge in [-0.25, -0.2) is 4.68 Å². The van der Waals surface area contributed by atoms with Crippen molar-refractivity contribution in [3.63, 3.8) is 0 Å². The van der Waals surface area contributed by atoms with Crippen molar-refractivity contribution in [2.45, 2.75) is 25.3 Å². The zero-order valence-electron chi connectivity index (χ0n) is 13.5. The monoisotopic (exact) mass is 339 g/mol. The molecule has 3 aromatic rings. The van der Waals surface area contributed by atoms with Gasteiger partial charge in [0.2, 0.25) is 17.6 Å². The predicted octanol–water partition coefficient (Wildman–Crippen LogP) is 1.13. The summed E-state index contributed by atoms with van der Waals surface area (Å²) in [5.74, 6) is 1.20. The molecule has 0 N–H and O–H groups in total. The topological polar surface area (TPSA) is 103 Å². The van der Waals surface area contributed by atoms with E-state index in [1.807, 2.05) is 35.2 Å². The van der Waals surface area contributed by atoms with E-state index in [0.717, 1.165) is 24.9 Å². The van der Waals surface area contributed by atoms with Gasteiger partial charge in [-0.1, -0.05) is 35.5 Å². The maximum atomic E-state index is 12.4. The van der Waals surface area contributed by atoms with Gasteiger partial charge in [-0.2, -0.15) is 4.98 Å². The molecule has 0 saturated carbocycles. The van der Waals surface area contributed by atoms with Crippen LogP contribution in [0.5, 0.6) is 0 Å². The number of aromatic nitrogens is 6. The van der Waals surface area contributed by atoms with E-state index < -0.39 is 0 Å².